The highest BCUT2D eigenvalue weighted by Crippen LogP contribution is 2.47. The third kappa shape index (κ3) is 2.86. The molecule has 0 aliphatic carbocycles. The topological polar surface area (TPSA) is 69.9 Å². The Labute approximate surface area is 184 Å². The predicted octanol–water partition coefficient (Wildman–Crippen LogP) is 2.62. The van der Waals surface area contributed by atoms with Crippen molar-refractivity contribution in [3.05, 3.63) is 83.8 Å². The molecule has 0 radical (unpaired) electrons. The lowest BCUT2D eigenvalue weighted by Gasteiger charge is -2.44. The van der Waals surface area contributed by atoms with Crippen molar-refractivity contribution in [1.82, 2.24) is 4.57 Å². The highest BCUT2D eigenvalue weighted by molar-refractivity contribution is 9.10. The fraction of sp³-hybridized carbons (Fsp3) is 0.227. The number of carbonyl (C=O) groups is 1. The lowest BCUT2D eigenvalue weighted by Crippen LogP contribution is -2.58. The molecule has 0 fully saturated rings. The quantitative estimate of drug-likeness (QED) is 0.524. The minimum atomic E-state index is -1.16. The zero-order chi connectivity index (χ0) is 21.0. The van der Waals surface area contributed by atoms with Gasteiger partial charge in [0.15, 0.2) is 4.80 Å². The fourth-order valence-corrected chi connectivity index (χ4v) is 5.70. The highest BCUT2D eigenvalue weighted by Gasteiger charge is 2.55. The summed E-state index contributed by atoms with van der Waals surface area (Å²) in [6, 6.07) is 14.6. The van der Waals surface area contributed by atoms with E-state index < -0.39 is 23.7 Å². The molecule has 3 aromatic rings. The monoisotopic (exact) mass is 484 g/mol. The van der Waals surface area contributed by atoms with Gasteiger partial charge in [0.2, 0.25) is 5.72 Å². The van der Waals surface area contributed by atoms with E-state index in [1.54, 1.807) is 11.5 Å². The molecule has 0 saturated carbocycles. The number of rotatable bonds is 2. The van der Waals surface area contributed by atoms with Crippen molar-refractivity contribution in [2.75, 3.05) is 7.11 Å². The van der Waals surface area contributed by atoms with Crippen LogP contribution < -0.4 is 19.6 Å². The van der Waals surface area contributed by atoms with Crippen LogP contribution in [0.5, 0.6) is 5.75 Å². The first-order valence-electron chi connectivity index (χ1n) is 9.35. The normalized spacial score (nSPS) is 24.3. The summed E-state index contributed by atoms with van der Waals surface area (Å²) in [5.41, 5.74) is 0.332. The van der Waals surface area contributed by atoms with Gasteiger partial charge in [-0.2, -0.15) is 0 Å². The molecule has 2 aromatic carbocycles. The third-order valence-corrected chi connectivity index (χ3v) is 6.96. The Morgan fingerprint density at radius 2 is 2.10 bits per heavy atom. The molecule has 3 heterocycles. The van der Waals surface area contributed by atoms with E-state index in [0.29, 0.717) is 15.1 Å². The number of carbonyl (C=O) groups excluding carboxylic acids is 1. The number of methoxy groups -OCH3 is 1. The Hall–Kier alpha value is -2.71. The first-order chi connectivity index (χ1) is 14.4. The van der Waals surface area contributed by atoms with Crippen molar-refractivity contribution in [1.29, 1.82) is 0 Å². The lowest BCUT2D eigenvalue weighted by molar-refractivity contribution is -0.158. The molecule has 2 bridgehead atoms. The maximum atomic E-state index is 13.5. The molecular weight excluding hydrogens is 468 g/mol. The van der Waals surface area contributed by atoms with E-state index in [4.69, 9.17) is 14.5 Å². The van der Waals surface area contributed by atoms with E-state index >= 15 is 0 Å². The zero-order valence-corrected chi connectivity index (χ0v) is 18.6. The number of fused-ring (bicyclic) bond motifs is 6. The van der Waals surface area contributed by atoms with Crippen molar-refractivity contribution >= 4 is 39.3 Å². The largest absolute Gasteiger partial charge is 0.469 e. The van der Waals surface area contributed by atoms with Crippen LogP contribution in [0.2, 0.25) is 0 Å². The van der Waals surface area contributed by atoms with Crippen LogP contribution in [0.15, 0.2) is 62.8 Å². The molecule has 1 aromatic heterocycles. The molecule has 6 nitrogen and oxygen atoms in total. The molecule has 8 heteroatoms. The summed E-state index contributed by atoms with van der Waals surface area (Å²) < 4.78 is 14.3. The van der Waals surface area contributed by atoms with Crippen molar-refractivity contribution in [3.8, 4) is 5.75 Å². The molecule has 3 atom stereocenters. The van der Waals surface area contributed by atoms with Crippen LogP contribution in [0.4, 0.5) is 0 Å². The molecule has 3 unspecified atom stereocenters. The minimum absolute atomic E-state index is 0.184. The second kappa shape index (κ2) is 6.92. The number of benzene rings is 2. The summed E-state index contributed by atoms with van der Waals surface area (Å²) in [6.45, 7) is 1.77. The van der Waals surface area contributed by atoms with Crippen LogP contribution in [0, 0.1) is 5.92 Å². The number of nitrogens with zero attached hydrogens (tertiary/aromatic N) is 2. The Morgan fingerprint density at radius 3 is 2.87 bits per heavy atom. The smallest absolute Gasteiger partial charge is 0.317 e. The van der Waals surface area contributed by atoms with Gasteiger partial charge in [-0.05, 0) is 36.8 Å². The molecule has 0 spiro atoms. The van der Waals surface area contributed by atoms with Crippen molar-refractivity contribution in [2.24, 2.45) is 10.9 Å². The van der Waals surface area contributed by atoms with Gasteiger partial charge >= 0.3 is 5.97 Å². The second-order valence-corrected chi connectivity index (χ2v) is 9.30. The van der Waals surface area contributed by atoms with E-state index in [9.17, 15) is 9.59 Å². The van der Waals surface area contributed by atoms with E-state index in [-0.39, 0.29) is 5.56 Å². The number of ether oxygens (including phenoxy) is 2. The van der Waals surface area contributed by atoms with E-state index in [1.165, 1.54) is 18.4 Å². The van der Waals surface area contributed by atoms with Gasteiger partial charge < -0.3 is 9.47 Å². The lowest BCUT2D eigenvalue weighted by atomic mass is 9.81. The summed E-state index contributed by atoms with van der Waals surface area (Å²) in [4.78, 5) is 31.5. The molecule has 152 valence electrons. The van der Waals surface area contributed by atoms with Gasteiger partial charge in [-0.1, -0.05) is 57.6 Å². The van der Waals surface area contributed by atoms with E-state index in [1.807, 2.05) is 54.6 Å². The molecule has 0 amide bonds. The zero-order valence-electron chi connectivity index (χ0n) is 16.2. The van der Waals surface area contributed by atoms with Crippen LogP contribution in [0.3, 0.4) is 0 Å². The maximum Gasteiger partial charge on any atom is 0.317 e. The Balaban J connectivity index is 1.80. The number of aromatic nitrogens is 1. The van der Waals surface area contributed by atoms with Crippen molar-refractivity contribution in [2.45, 2.75) is 18.7 Å². The third-order valence-electron chi connectivity index (χ3n) is 5.48. The number of hydrogen-bond acceptors (Lipinski definition) is 6. The summed E-state index contributed by atoms with van der Waals surface area (Å²) in [7, 11) is 1.34. The molecule has 5 rings (SSSR count). The van der Waals surface area contributed by atoms with Crippen LogP contribution in [-0.4, -0.2) is 23.4 Å². The summed E-state index contributed by atoms with van der Waals surface area (Å²) >= 11 is 4.75. The van der Waals surface area contributed by atoms with Crippen LogP contribution in [0.25, 0.3) is 6.08 Å². The summed E-state index contributed by atoms with van der Waals surface area (Å²) in [5, 5.41) is 0. The Kier molecular flexibility index (Phi) is 4.44. The summed E-state index contributed by atoms with van der Waals surface area (Å²) in [6.07, 6.45) is 1.84. The fourth-order valence-electron chi connectivity index (χ4n) is 4.18. The highest BCUT2D eigenvalue weighted by atomic mass is 79.9. The number of para-hydroxylation sites is 1. The Morgan fingerprint density at radius 1 is 1.30 bits per heavy atom. The average molecular weight is 485 g/mol. The Bertz CT molecular complexity index is 1360. The molecule has 30 heavy (non-hydrogen) atoms. The van der Waals surface area contributed by atoms with Gasteiger partial charge in [0.25, 0.3) is 5.56 Å². The van der Waals surface area contributed by atoms with Gasteiger partial charge in [-0.25, -0.2) is 4.99 Å². The van der Waals surface area contributed by atoms with Gasteiger partial charge in [0.05, 0.1) is 17.7 Å². The summed E-state index contributed by atoms with van der Waals surface area (Å²) in [5.74, 6) is -0.604. The standard InChI is InChI=1S/C22H17BrN2O4S/c1-22-17(20(27)28-2)18(14-8-3-4-9-15(14)29-22)25-19(26)16(30-21(25)24-22)11-12-6-5-7-13(23)10-12/h3-11,17-18H,1-2H3/b16-11-. The first-order valence-corrected chi connectivity index (χ1v) is 11.0. The molecule has 2 aliphatic heterocycles. The van der Waals surface area contributed by atoms with E-state index in [0.717, 1.165) is 15.6 Å². The number of hydrogen-bond donors (Lipinski definition) is 0. The molecule has 0 saturated heterocycles. The SMILES string of the molecule is COC(=O)C1C2c3ccccc3OC1(C)N=c1s/c(=C\c3cccc(Br)c3)c(=O)n12. The van der Waals surface area contributed by atoms with Gasteiger partial charge in [0.1, 0.15) is 11.7 Å². The van der Waals surface area contributed by atoms with E-state index in [2.05, 4.69) is 15.9 Å². The average Bonchev–Trinajstić information content (AvgIpc) is 3.00. The van der Waals surface area contributed by atoms with Crippen LogP contribution >= 0.6 is 27.3 Å². The number of esters is 1. The van der Waals surface area contributed by atoms with Gasteiger partial charge in [-0.3, -0.25) is 14.2 Å². The van der Waals surface area contributed by atoms with Crippen LogP contribution in [0.1, 0.15) is 24.1 Å². The second-order valence-electron chi connectivity index (χ2n) is 7.38. The van der Waals surface area contributed by atoms with Crippen molar-refractivity contribution < 1.29 is 14.3 Å². The van der Waals surface area contributed by atoms with Crippen molar-refractivity contribution in [3.63, 3.8) is 0 Å². The minimum Gasteiger partial charge on any atom is -0.469 e. The van der Waals surface area contributed by atoms with Crippen LogP contribution in [-0.2, 0) is 9.53 Å². The van der Waals surface area contributed by atoms with Gasteiger partial charge in [-0.15, -0.1) is 0 Å². The number of halogens is 1. The number of thiazole rings is 1. The predicted molar refractivity (Wildman–Crippen MR) is 116 cm³/mol. The molecule has 0 N–H and O–H groups in total. The molecular formula is C22H17BrN2O4S. The first kappa shape index (κ1) is 19.3. The maximum absolute atomic E-state index is 13.5. The van der Waals surface area contributed by atoms with Gasteiger partial charge in [0, 0.05) is 10.0 Å². The molecule has 2 aliphatic rings.